The summed E-state index contributed by atoms with van der Waals surface area (Å²) in [6.45, 7) is 1.91. The zero-order chi connectivity index (χ0) is 18.4. The van der Waals surface area contributed by atoms with Gasteiger partial charge in [0, 0.05) is 43.3 Å². The van der Waals surface area contributed by atoms with Crippen LogP contribution in [0.4, 0.5) is 5.13 Å². The third-order valence-electron chi connectivity index (χ3n) is 5.12. The van der Waals surface area contributed by atoms with Gasteiger partial charge in [0.2, 0.25) is 5.13 Å². The Kier molecular flexibility index (Phi) is 3.73. The minimum atomic E-state index is -1.50. The van der Waals surface area contributed by atoms with Crippen molar-refractivity contribution in [3.63, 3.8) is 0 Å². The zero-order valence-corrected chi connectivity index (χ0v) is 15.0. The van der Waals surface area contributed by atoms with Gasteiger partial charge < -0.3 is 14.8 Å². The maximum Gasteiger partial charge on any atom is 0.349 e. The van der Waals surface area contributed by atoms with Crippen molar-refractivity contribution in [3.05, 3.63) is 42.5 Å². The fourth-order valence-electron chi connectivity index (χ4n) is 3.92. The van der Waals surface area contributed by atoms with Crippen LogP contribution in [0.5, 0.6) is 0 Å². The molecule has 0 amide bonds. The van der Waals surface area contributed by atoms with Crippen LogP contribution in [0.15, 0.2) is 42.5 Å². The lowest BCUT2D eigenvalue weighted by atomic mass is 9.97. The molecule has 9 heteroatoms. The molecular weight excluding hydrogens is 368 g/mol. The molecule has 4 heterocycles. The van der Waals surface area contributed by atoms with Gasteiger partial charge in [0.05, 0.1) is 5.92 Å². The number of benzene rings is 1. The molecule has 0 bridgehead atoms. The smallest absolute Gasteiger partial charge is 0.349 e. The summed E-state index contributed by atoms with van der Waals surface area (Å²) in [4.78, 5) is 26.1. The molecular formula is C18H16N4O4S. The van der Waals surface area contributed by atoms with Gasteiger partial charge in [0.1, 0.15) is 5.01 Å². The number of carbonyl (C=O) groups is 2. The molecule has 1 aromatic carbocycles. The largest absolute Gasteiger partial charge is 0.400 e. The van der Waals surface area contributed by atoms with Crippen LogP contribution in [-0.2, 0) is 19.1 Å². The van der Waals surface area contributed by atoms with Crippen molar-refractivity contribution in [1.29, 1.82) is 0 Å². The first kappa shape index (κ1) is 16.4. The quantitative estimate of drug-likeness (QED) is 0.772. The molecule has 2 unspecified atom stereocenters. The van der Waals surface area contributed by atoms with Crippen LogP contribution in [0.25, 0.3) is 10.6 Å². The summed E-state index contributed by atoms with van der Waals surface area (Å²) in [6.07, 6.45) is 2.20. The Hall–Kier alpha value is -2.78. The number of carbonyl (C=O) groups excluding carboxylic acids is 2. The highest BCUT2D eigenvalue weighted by Crippen LogP contribution is 2.47. The van der Waals surface area contributed by atoms with E-state index in [2.05, 4.69) is 15.5 Å². The van der Waals surface area contributed by atoms with Crippen molar-refractivity contribution in [3.8, 4) is 10.6 Å². The van der Waals surface area contributed by atoms with Crippen molar-refractivity contribution < 1.29 is 19.1 Å². The summed E-state index contributed by atoms with van der Waals surface area (Å²) >= 11 is 1.38. The molecule has 3 aliphatic rings. The summed E-state index contributed by atoms with van der Waals surface area (Å²) < 4.78 is 11.4. The number of hydrogen-bond donors (Lipinski definition) is 1. The van der Waals surface area contributed by atoms with Crippen LogP contribution in [0.1, 0.15) is 0 Å². The van der Waals surface area contributed by atoms with E-state index in [4.69, 9.17) is 9.47 Å². The Labute approximate surface area is 158 Å². The minimum absolute atomic E-state index is 0.172. The molecule has 2 saturated heterocycles. The zero-order valence-electron chi connectivity index (χ0n) is 14.2. The third-order valence-corrected chi connectivity index (χ3v) is 6.11. The van der Waals surface area contributed by atoms with Crippen molar-refractivity contribution in [2.24, 2.45) is 11.8 Å². The molecule has 138 valence electrons. The van der Waals surface area contributed by atoms with E-state index >= 15 is 0 Å². The van der Waals surface area contributed by atoms with Crippen molar-refractivity contribution in [2.45, 2.75) is 5.91 Å². The lowest BCUT2D eigenvalue weighted by Crippen LogP contribution is -2.55. The normalized spacial score (nSPS) is 26.0. The third kappa shape index (κ3) is 2.62. The first-order valence-electron chi connectivity index (χ1n) is 8.67. The van der Waals surface area contributed by atoms with Gasteiger partial charge in [0.15, 0.2) is 0 Å². The molecule has 2 atom stereocenters. The van der Waals surface area contributed by atoms with Gasteiger partial charge in [-0.25, -0.2) is 9.59 Å². The number of anilines is 1. The second kappa shape index (κ2) is 6.14. The first-order valence-corrected chi connectivity index (χ1v) is 9.49. The summed E-state index contributed by atoms with van der Waals surface area (Å²) in [5.41, 5.74) is 0.952. The number of nitrogens with one attached hydrogen (secondary N) is 1. The SMILES string of the molecule is O=C1C=CC(=O)OC2(O1)C1CNCC1CN2c1nnc(-c2ccccc2)s1. The van der Waals surface area contributed by atoms with Gasteiger partial charge in [-0.15, -0.1) is 10.2 Å². The summed E-state index contributed by atoms with van der Waals surface area (Å²) in [5, 5.41) is 13.2. The van der Waals surface area contributed by atoms with Crippen LogP contribution >= 0.6 is 11.3 Å². The van der Waals surface area contributed by atoms with E-state index in [1.807, 2.05) is 30.3 Å². The Morgan fingerprint density at radius 2 is 1.81 bits per heavy atom. The van der Waals surface area contributed by atoms with Gasteiger partial charge in [-0.1, -0.05) is 41.7 Å². The number of esters is 2. The van der Waals surface area contributed by atoms with Crippen molar-refractivity contribution in [1.82, 2.24) is 15.5 Å². The van der Waals surface area contributed by atoms with Crippen LogP contribution in [0.3, 0.4) is 0 Å². The number of aromatic nitrogens is 2. The van der Waals surface area contributed by atoms with Crippen LogP contribution in [-0.4, -0.2) is 47.7 Å². The van der Waals surface area contributed by atoms with Crippen LogP contribution < -0.4 is 10.2 Å². The Morgan fingerprint density at radius 1 is 1.07 bits per heavy atom. The Morgan fingerprint density at radius 3 is 2.56 bits per heavy atom. The average molecular weight is 384 g/mol. The molecule has 27 heavy (non-hydrogen) atoms. The molecule has 1 spiro atoms. The van der Waals surface area contributed by atoms with Gasteiger partial charge >= 0.3 is 17.8 Å². The van der Waals surface area contributed by atoms with Gasteiger partial charge in [0.25, 0.3) is 0 Å². The molecule has 8 nitrogen and oxygen atoms in total. The Balaban J connectivity index is 1.56. The Bertz CT molecular complexity index is 908. The maximum atomic E-state index is 12.2. The molecule has 5 rings (SSSR count). The molecule has 2 aromatic rings. The number of rotatable bonds is 2. The molecule has 3 aliphatic heterocycles. The van der Waals surface area contributed by atoms with Crippen molar-refractivity contribution in [2.75, 3.05) is 24.5 Å². The lowest BCUT2D eigenvalue weighted by Gasteiger charge is -2.37. The highest BCUT2D eigenvalue weighted by atomic mass is 32.1. The standard InChI is InChI=1S/C18H16N4O4S/c23-14-6-7-15(24)26-18(25-14)13-9-19-8-12(13)10-22(18)17-21-20-16(27-17)11-4-2-1-3-5-11/h1-7,12-13,19H,8-10H2. The van der Waals surface area contributed by atoms with E-state index in [0.29, 0.717) is 18.2 Å². The fraction of sp³-hybridized carbons (Fsp3) is 0.333. The summed E-state index contributed by atoms with van der Waals surface area (Å²) in [6, 6.07) is 9.72. The molecule has 0 saturated carbocycles. The molecule has 0 aliphatic carbocycles. The molecule has 2 fully saturated rings. The molecule has 1 N–H and O–H groups in total. The van der Waals surface area contributed by atoms with E-state index in [0.717, 1.165) is 29.3 Å². The van der Waals surface area contributed by atoms with E-state index in [-0.39, 0.29) is 11.8 Å². The van der Waals surface area contributed by atoms with Crippen LogP contribution in [0, 0.1) is 11.8 Å². The first-order chi connectivity index (χ1) is 13.2. The van der Waals surface area contributed by atoms with E-state index in [1.54, 1.807) is 4.90 Å². The van der Waals surface area contributed by atoms with Crippen LogP contribution in [0.2, 0.25) is 0 Å². The minimum Gasteiger partial charge on any atom is -0.400 e. The highest BCUT2D eigenvalue weighted by molar-refractivity contribution is 7.18. The number of ether oxygens (including phenoxy) is 2. The second-order valence-corrected chi connectivity index (χ2v) is 7.65. The molecule has 1 aromatic heterocycles. The number of nitrogens with zero attached hydrogens (tertiary/aromatic N) is 3. The highest BCUT2D eigenvalue weighted by Gasteiger charge is 2.63. The second-order valence-electron chi connectivity index (χ2n) is 6.70. The number of fused-ring (bicyclic) bond motifs is 2. The predicted molar refractivity (Wildman–Crippen MR) is 96.6 cm³/mol. The average Bonchev–Trinajstić information content (AvgIpc) is 3.36. The summed E-state index contributed by atoms with van der Waals surface area (Å²) in [5.74, 6) is -2.71. The maximum absolute atomic E-state index is 12.2. The molecule has 0 radical (unpaired) electrons. The topological polar surface area (TPSA) is 93.7 Å². The van der Waals surface area contributed by atoms with Gasteiger partial charge in [-0.2, -0.15) is 0 Å². The van der Waals surface area contributed by atoms with Crippen molar-refractivity contribution >= 4 is 28.4 Å². The summed E-state index contributed by atoms with van der Waals surface area (Å²) in [7, 11) is 0. The number of hydrogen-bond acceptors (Lipinski definition) is 9. The lowest BCUT2D eigenvalue weighted by molar-refractivity contribution is -0.230. The monoisotopic (exact) mass is 384 g/mol. The van der Waals surface area contributed by atoms with E-state index < -0.39 is 17.8 Å². The van der Waals surface area contributed by atoms with Gasteiger partial charge in [-0.05, 0) is 0 Å². The predicted octanol–water partition coefficient (Wildman–Crippen LogP) is 1.17. The van der Waals surface area contributed by atoms with E-state index in [9.17, 15) is 9.59 Å². The van der Waals surface area contributed by atoms with Gasteiger partial charge in [-0.3, -0.25) is 4.90 Å². The fourth-order valence-corrected chi connectivity index (χ4v) is 4.82. The van der Waals surface area contributed by atoms with E-state index in [1.165, 1.54) is 11.3 Å².